The minimum Gasteiger partial charge on any atom is -0.497 e. The minimum atomic E-state index is -0.481. The highest BCUT2D eigenvalue weighted by Gasteiger charge is 2.42. The lowest BCUT2D eigenvalue weighted by molar-refractivity contribution is -0.896. The lowest BCUT2D eigenvalue weighted by Crippen LogP contribution is -3.11. The molecule has 0 fully saturated rings. The van der Waals surface area contributed by atoms with Crippen molar-refractivity contribution in [3.05, 3.63) is 75.6 Å². The van der Waals surface area contributed by atoms with Crippen LogP contribution in [0.3, 0.4) is 0 Å². The molecule has 0 aliphatic carbocycles. The zero-order valence-corrected chi connectivity index (χ0v) is 18.3. The molecule has 4 rings (SSSR count). The van der Waals surface area contributed by atoms with Gasteiger partial charge >= 0.3 is 0 Å². The van der Waals surface area contributed by atoms with Crippen molar-refractivity contribution >= 4 is 16.9 Å². The number of ether oxygens (including phenoxy) is 1. The van der Waals surface area contributed by atoms with Crippen LogP contribution in [0.25, 0.3) is 11.0 Å². The summed E-state index contributed by atoms with van der Waals surface area (Å²) in [4.78, 5) is 30.1. The van der Waals surface area contributed by atoms with Gasteiger partial charge in [0.2, 0.25) is 5.76 Å². The summed E-state index contributed by atoms with van der Waals surface area (Å²) < 4.78 is 11.4. The molecule has 2 aromatic carbocycles. The molecule has 1 aliphatic rings. The van der Waals surface area contributed by atoms with Gasteiger partial charge in [0.15, 0.2) is 5.43 Å². The van der Waals surface area contributed by atoms with Gasteiger partial charge in [0, 0.05) is 13.0 Å². The Morgan fingerprint density at radius 1 is 1.06 bits per heavy atom. The molecule has 2 heterocycles. The number of hydrogen-bond acceptors (Lipinski definition) is 4. The molecule has 6 heteroatoms. The highest BCUT2D eigenvalue weighted by Crippen LogP contribution is 2.38. The monoisotopic (exact) mass is 421 g/mol. The van der Waals surface area contributed by atoms with Crippen molar-refractivity contribution in [3.63, 3.8) is 0 Å². The third-order valence-electron chi connectivity index (χ3n) is 6.21. The molecule has 3 aromatic rings. The maximum Gasteiger partial charge on any atom is 0.290 e. The molecule has 0 bridgehead atoms. The highest BCUT2D eigenvalue weighted by atomic mass is 16.5. The summed E-state index contributed by atoms with van der Waals surface area (Å²) in [6.07, 6.45) is 0.852. The van der Waals surface area contributed by atoms with Gasteiger partial charge in [0.25, 0.3) is 5.91 Å². The Morgan fingerprint density at radius 2 is 1.84 bits per heavy atom. The van der Waals surface area contributed by atoms with Crippen molar-refractivity contribution in [3.8, 4) is 5.75 Å². The number of benzene rings is 2. The number of fused-ring (bicyclic) bond motifs is 2. The van der Waals surface area contributed by atoms with Crippen LogP contribution in [-0.2, 0) is 0 Å². The van der Waals surface area contributed by atoms with E-state index < -0.39 is 6.04 Å². The van der Waals surface area contributed by atoms with Crippen LogP contribution in [0.5, 0.6) is 5.75 Å². The van der Waals surface area contributed by atoms with Crippen molar-refractivity contribution in [2.24, 2.45) is 0 Å². The first-order valence-corrected chi connectivity index (χ1v) is 10.9. The van der Waals surface area contributed by atoms with E-state index in [0.29, 0.717) is 28.8 Å². The Balaban J connectivity index is 1.80. The third-order valence-corrected chi connectivity index (χ3v) is 6.21. The SMILES string of the molecule is CC[NH+](CC)CCCN1C(=O)c2oc3ccccc3c(=O)c2[C@@H]1c1cccc(OC)c1. The zero-order valence-electron chi connectivity index (χ0n) is 18.3. The summed E-state index contributed by atoms with van der Waals surface area (Å²) in [5, 5.41) is 0.497. The highest BCUT2D eigenvalue weighted by molar-refractivity contribution is 5.99. The molecule has 0 unspecified atom stereocenters. The van der Waals surface area contributed by atoms with E-state index in [1.165, 1.54) is 4.90 Å². The number of para-hydroxylation sites is 1. The molecule has 6 nitrogen and oxygen atoms in total. The quantitative estimate of drug-likeness (QED) is 0.607. The molecule has 0 radical (unpaired) electrons. The molecule has 0 saturated heterocycles. The molecular weight excluding hydrogens is 392 g/mol. The average Bonchev–Trinajstić information content (AvgIpc) is 3.09. The number of nitrogens with zero attached hydrogens (tertiary/aromatic N) is 1. The zero-order chi connectivity index (χ0) is 22.0. The largest absolute Gasteiger partial charge is 0.497 e. The van der Waals surface area contributed by atoms with Crippen molar-refractivity contribution in [1.29, 1.82) is 0 Å². The Bertz CT molecular complexity index is 1150. The second-order valence-corrected chi connectivity index (χ2v) is 7.91. The molecule has 1 aromatic heterocycles. The fraction of sp³-hybridized carbons (Fsp3) is 0.360. The summed E-state index contributed by atoms with van der Waals surface area (Å²) in [6.45, 7) is 7.97. The minimum absolute atomic E-state index is 0.144. The second kappa shape index (κ2) is 8.94. The maximum atomic E-state index is 13.5. The Morgan fingerprint density at radius 3 is 2.58 bits per heavy atom. The standard InChI is InChI=1S/C25H28N2O4/c1-4-26(5-2)14-9-15-27-22(17-10-8-11-18(16-17)30-3)21-23(28)19-12-6-7-13-20(19)31-24(21)25(27)29/h6-8,10-13,16,22H,4-5,9,14-15H2,1-3H3/p+1/t22-/m0/s1. The van der Waals surface area contributed by atoms with E-state index in [0.717, 1.165) is 31.6 Å². The number of hydrogen-bond donors (Lipinski definition) is 1. The summed E-state index contributed by atoms with van der Waals surface area (Å²) in [7, 11) is 1.61. The smallest absolute Gasteiger partial charge is 0.290 e. The van der Waals surface area contributed by atoms with Crippen molar-refractivity contribution in [1.82, 2.24) is 4.90 Å². The fourth-order valence-electron chi connectivity index (χ4n) is 4.46. The van der Waals surface area contributed by atoms with Crippen LogP contribution in [0.4, 0.5) is 0 Å². The van der Waals surface area contributed by atoms with E-state index in [1.807, 2.05) is 30.3 Å². The van der Waals surface area contributed by atoms with Gasteiger partial charge in [-0.25, -0.2) is 0 Å². The molecule has 1 aliphatic heterocycles. The van der Waals surface area contributed by atoms with Gasteiger partial charge in [-0.3, -0.25) is 9.59 Å². The summed E-state index contributed by atoms with van der Waals surface area (Å²) in [5.74, 6) is 0.628. The van der Waals surface area contributed by atoms with E-state index in [4.69, 9.17) is 9.15 Å². The molecule has 162 valence electrons. The summed E-state index contributed by atoms with van der Waals surface area (Å²) >= 11 is 0. The molecule has 31 heavy (non-hydrogen) atoms. The number of methoxy groups -OCH3 is 1. The van der Waals surface area contributed by atoms with Gasteiger partial charge in [-0.05, 0) is 43.7 Å². The number of carbonyl (C=O) groups is 1. The normalized spacial score (nSPS) is 15.7. The molecule has 0 saturated carbocycles. The third kappa shape index (κ3) is 3.83. The van der Waals surface area contributed by atoms with Gasteiger partial charge < -0.3 is 19.0 Å². The maximum absolute atomic E-state index is 13.5. The first kappa shape index (κ1) is 21.1. The van der Waals surface area contributed by atoms with Crippen LogP contribution >= 0.6 is 0 Å². The number of nitrogens with one attached hydrogen (secondary N) is 1. The van der Waals surface area contributed by atoms with E-state index in [1.54, 1.807) is 30.2 Å². The number of carbonyl (C=O) groups excluding carboxylic acids is 1. The predicted octanol–water partition coefficient (Wildman–Crippen LogP) is 2.66. The number of quaternary nitrogens is 1. The molecular formula is C25H29N2O4+. The van der Waals surface area contributed by atoms with Crippen molar-refractivity contribution < 1.29 is 18.8 Å². The van der Waals surface area contributed by atoms with E-state index in [9.17, 15) is 9.59 Å². The number of rotatable bonds is 8. The molecule has 1 atom stereocenters. The van der Waals surface area contributed by atoms with E-state index in [-0.39, 0.29) is 17.1 Å². The van der Waals surface area contributed by atoms with Crippen molar-refractivity contribution in [2.45, 2.75) is 26.3 Å². The van der Waals surface area contributed by atoms with Gasteiger partial charge in [-0.1, -0.05) is 24.3 Å². The van der Waals surface area contributed by atoms with Gasteiger partial charge in [-0.15, -0.1) is 0 Å². The Hall–Kier alpha value is -3.12. The Kier molecular flexibility index (Phi) is 6.09. The van der Waals surface area contributed by atoms with Crippen molar-refractivity contribution in [2.75, 3.05) is 33.3 Å². The molecule has 1 amide bonds. The first-order valence-electron chi connectivity index (χ1n) is 10.9. The first-order chi connectivity index (χ1) is 15.1. The fourth-order valence-corrected chi connectivity index (χ4v) is 4.46. The van der Waals surface area contributed by atoms with Crippen LogP contribution in [0, 0.1) is 0 Å². The molecule has 0 spiro atoms. The topological polar surface area (TPSA) is 64.2 Å². The van der Waals surface area contributed by atoms with Gasteiger partial charge in [0.05, 0.1) is 43.7 Å². The predicted molar refractivity (Wildman–Crippen MR) is 120 cm³/mol. The van der Waals surface area contributed by atoms with E-state index in [2.05, 4.69) is 13.8 Å². The van der Waals surface area contributed by atoms with Gasteiger partial charge in [-0.2, -0.15) is 0 Å². The lowest BCUT2D eigenvalue weighted by Gasteiger charge is -2.26. The average molecular weight is 422 g/mol. The van der Waals surface area contributed by atoms with E-state index >= 15 is 0 Å². The van der Waals surface area contributed by atoms with Crippen LogP contribution in [0.2, 0.25) is 0 Å². The van der Waals surface area contributed by atoms with Crippen LogP contribution in [-0.4, -0.2) is 44.1 Å². The molecule has 1 N–H and O–H groups in total. The summed E-state index contributed by atoms with van der Waals surface area (Å²) in [5.41, 5.74) is 1.57. The summed E-state index contributed by atoms with van der Waals surface area (Å²) in [6, 6.07) is 14.2. The number of amides is 1. The lowest BCUT2D eigenvalue weighted by atomic mass is 9.98. The Labute approximate surface area is 182 Å². The van der Waals surface area contributed by atoms with Crippen LogP contribution in [0.1, 0.15) is 48.0 Å². The van der Waals surface area contributed by atoms with Gasteiger partial charge in [0.1, 0.15) is 11.3 Å². The second-order valence-electron chi connectivity index (χ2n) is 7.91. The van der Waals surface area contributed by atoms with Crippen LogP contribution in [0.15, 0.2) is 57.7 Å². The van der Waals surface area contributed by atoms with Crippen LogP contribution < -0.4 is 15.1 Å².